The van der Waals surface area contributed by atoms with Gasteiger partial charge in [-0.05, 0) is 44.0 Å². The number of halogens is 1. The first kappa shape index (κ1) is 22.5. The SMILES string of the molecule is Cc1cc(C)c(OCC(=O)Nc2ccccc2C(=O)NCCN)c(C)c1.Cl. The van der Waals surface area contributed by atoms with Crippen LogP contribution in [0.2, 0.25) is 0 Å². The number of hydrogen-bond acceptors (Lipinski definition) is 4. The molecule has 146 valence electrons. The lowest BCUT2D eigenvalue weighted by Gasteiger charge is -2.14. The number of carbonyl (C=O) groups excluding carboxylic acids is 2. The van der Waals surface area contributed by atoms with E-state index in [-0.39, 0.29) is 30.8 Å². The Morgan fingerprint density at radius 1 is 1.07 bits per heavy atom. The maximum Gasteiger partial charge on any atom is 0.262 e. The minimum Gasteiger partial charge on any atom is -0.483 e. The summed E-state index contributed by atoms with van der Waals surface area (Å²) in [6, 6.07) is 10.8. The summed E-state index contributed by atoms with van der Waals surface area (Å²) in [5.74, 6) is 0.0978. The van der Waals surface area contributed by atoms with E-state index in [4.69, 9.17) is 10.5 Å². The van der Waals surface area contributed by atoms with Gasteiger partial charge in [-0.1, -0.05) is 29.8 Å². The molecule has 0 saturated carbocycles. The van der Waals surface area contributed by atoms with Crippen LogP contribution in [0.1, 0.15) is 27.0 Å². The third-order valence-electron chi connectivity index (χ3n) is 3.83. The Kier molecular flexibility index (Phi) is 8.78. The first-order valence-electron chi connectivity index (χ1n) is 8.50. The molecule has 7 heteroatoms. The quantitative estimate of drug-likeness (QED) is 0.676. The van der Waals surface area contributed by atoms with Gasteiger partial charge in [0.2, 0.25) is 0 Å². The number of nitrogens with one attached hydrogen (secondary N) is 2. The van der Waals surface area contributed by atoms with Crippen LogP contribution < -0.4 is 21.1 Å². The van der Waals surface area contributed by atoms with Crippen molar-refractivity contribution in [1.82, 2.24) is 5.32 Å². The molecule has 4 N–H and O–H groups in total. The van der Waals surface area contributed by atoms with E-state index in [1.807, 2.05) is 32.9 Å². The van der Waals surface area contributed by atoms with Crippen LogP contribution in [0.5, 0.6) is 5.75 Å². The molecule has 0 saturated heterocycles. The number of carbonyl (C=O) groups is 2. The van der Waals surface area contributed by atoms with E-state index in [9.17, 15) is 9.59 Å². The smallest absolute Gasteiger partial charge is 0.262 e. The van der Waals surface area contributed by atoms with Gasteiger partial charge in [-0.15, -0.1) is 12.4 Å². The molecule has 0 unspecified atom stereocenters. The molecule has 6 nitrogen and oxygen atoms in total. The molecule has 2 aromatic carbocycles. The lowest BCUT2D eigenvalue weighted by Crippen LogP contribution is -2.30. The predicted octanol–water partition coefficient (Wildman–Crippen LogP) is 2.74. The van der Waals surface area contributed by atoms with Gasteiger partial charge in [-0.3, -0.25) is 9.59 Å². The van der Waals surface area contributed by atoms with Crippen LogP contribution in [0, 0.1) is 20.8 Å². The molecule has 2 amide bonds. The van der Waals surface area contributed by atoms with Crippen molar-refractivity contribution in [3.8, 4) is 5.75 Å². The molecule has 27 heavy (non-hydrogen) atoms. The van der Waals surface area contributed by atoms with E-state index >= 15 is 0 Å². The van der Waals surface area contributed by atoms with Crippen LogP contribution in [0.4, 0.5) is 5.69 Å². The molecule has 0 radical (unpaired) electrons. The van der Waals surface area contributed by atoms with Crippen molar-refractivity contribution in [2.45, 2.75) is 20.8 Å². The van der Waals surface area contributed by atoms with Crippen LogP contribution in [0.25, 0.3) is 0 Å². The average molecular weight is 392 g/mol. The van der Waals surface area contributed by atoms with Gasteiger partial charge in [0, 0.05) is 13.1 Å². The van der Waals surface area contributed by atoms with Crippen LogP contribution in [-0.4, -0.2) is 31.5 Å². The Hall–Kier alpha value is -2.57. The standard InChI is InChI=1S/C20H25N3O3.ClH/c1-13-10-14(2)19(15(3)11-13)26-12-18(24)23-17-7-5-4-6-16(17)20(25)22-9-8-21;/h4-7,10-11H,8-9,12,21H2,1-3H3,(H,22,25)(H,23,24);1H. The summed E-state index contributed by atoms with van der Waals surface area (Å²) in [7, 11) is 0. The van der Waals surface area contributed by atoms with Crippen molar-refractivity contribution in [2.75, 3.05) is 25.0 Å². The molecular weight excluding hydrogens is 366 g/mol. The highest BCUT2D eigenvalue weighted by atomic mass is 35.5. The van der Waals surface area contributed by atoms with Crippen LogP contribution in [0.3, 0.4) is 0 Å². The van der Waals surface area contributed by atoms with E-state index in [0.717, 1.165) is 16.7 Å². The van der Waals surface area contributed by atoms with Crippen molar-refractivity contribution >= 4 is 29.9 Å². The summed E-state index contributed by atoms with van der Waals surface area (Å²) < 4.78 is 5.69. The fourth-order valence-corrected chi connectivity index (χ4v) is 2.79. The average Bonchev–Trinajstić information content (AvgIpc) is 2.59. The van der Waals surface area contributed by atoms with Crippen molar-refractivity contribution < 1.29 is 14.3 Å². The summed E-state index contributed by atoms with van der Waals surface area (Å²) in [6.07, 6.45) is 0. The van der Waals surface area contributed by atoms with E-state index in [2.05, 4.69) is 10.6 Å². The highest BCUT2D eigenvalue weighted by Crippen LogP contribution is 2.24. The number of nitrogens with two attached hydrogens (primary N) is 1. The zero-order chi connectivity index (χ0) is 19.1. The zero-order valence-corrected chi connectivity index (χ0v) is 16.6. The van der Waals surface area contributed by atoms with Gasteiger partial charge in [-0.25, -0.2) is 0 Å². The highest BCUT2D eigenvalue weighted by Gasteiger charge is 2.14. The molecule has 0 aliphatic carbocycles. The first-order valence-corrected chi connectivity index (χ1v) is 8.50. The number of rotatable bonds is 7. The minimum atomic E-state index is -0.330. The van der Waals surface area contributed by atoms with Crippen molar-refractivity contribution in [1.29, 1.82) is 0 Å². The van der Waals surface area contributed by atoms with E-state index in [1.54, 1.807) is 24.3 Å². The Balaban J connectivity index is 0.00000364. The maximum absolute atomic E-state index is 12.3. The molecule has 0 atom stereocenters. The highest BCUT2D eigenvalue weighted by molar-refractivity contribution is 6.04. The minimum absolute atomic E-state index is 0. The monoisotopic (exact) mass is 391 g/mol. The van der Waals surface area contributed by atoms with Gasteiger partial charge in [0.05, 0.1) is 11.3 Å². The molecule has 0 bridgehead atoms. The van der Waals surface area contributed by atoms with Gasteiger partial charge < -0.3 is 21.1 Å². The maximum atomic E-state index is 12.3. The molecule has 0 heterocycles. The predicted molar refractivity (Wildman–Crippen MR) is 110 cm³/mol. The fraction of sp³-hybridized carbons (Fsp3) is 0.300. The molecule has 2 aromatic rings. The van der Waals surface area contributed by atoms with E-state index in [1.165, 1.54) is 0 Å². The second kappa shape index (κ2) is 10.5. The van der Waals surface area contributed by atoms with Crippen molar-refractivity contribution in [3.63, 3.8) is 0 Å². The van der Waals surface area contributed by atoms with Crippen LogP contribution in [-0.2, 0) is 4.79 Å². The first-order chi connectivity index (χ1) is 12.4. The second-order valence-corrected chi connectivity index (χ2v) is 6.15. The second-order valence-electron chi connectivity index (χ2n) is 6.15. The Labute approximate surface area is 165 Å². The van der Waals surface area contributed by atoms with Crippen LogP contribution in [0.15, 0.2) is 36.4 Å². The molecular formula is C20H26ClN3O3. The Morgan fingerprint density at radius 2 is 1.70 bits per heavy atom. The molecule has 2 rings (SSSR count). The third kappa shape index (κ3) is 6.27. The lowest BCUT2D eigenvalue weighted by atomic mass is 10.1. The van der Waals surface area contributed by atoms with Gasteiger partial charge in [0.15, 0.2) is 6.61 Å². The van der Waals surface area contributed by atoms with Gasteiger partial charge in [0.1, 0.15) is 5.75 Å². The zero-order valence-electron chi connectivity index (χ0n) is 15.8. The molecule has 0 fully saturated rings. The Bertz CT molecular complexity index is 786. The summed E-state index contributed by atoms with van der Waals surface area (Å²) >= 11 is 0. The molecule has 0 aliphatic rings. The molecule has 0 aliphatic heterocycles. The third-order valence-corrected chi connectivity index (χ3v) is 3.83. The van der Waals surface area contributed by atoms with Crippen molar-refractivity contribution in [2.24, 2.45) is 5.73 Å². The fourth-order valence-electron chi connectivity index (χ4n) is 2.79. The summed E-state index contributed by atoms with van der Waals surface area (Å²) in [5.41, 5.74) is 9.34. The number of para-hydroxylation sites is 1. The number of benzene rings is 2. The summed E-state index contributed by atoms with van der Waals surface area (Å²) in [4.78, 5) is 24.4. The van der Waals surface area contributed by atoms with Gasteiger partial charge in [0.25, 0.3) is 11.8 Å². The number of hydrogen-bond donors (Lipinski definition) is 3. The summed E-state index contributed by atoms with van der Waals surface area (Å²) in [6.45, 7) is 6.50. The van der Waals surface area contributed by atoms with E-state index < -0.39 is 0 Å². The Morgan fingerprint density at radius 3 is 2.33 bits per heavy atom. The van der Waals surface area contributed by atoms with Gasteiger partial charge in [-0.2, -0.15) is 0 Å². The molecule has 0 spiro atoms. The van der Waals surface area contributed by atoms with E-state index in [0.29, 0.717) is 30.1 Å². The van der Waals surface area contributed by atoms with Crippen molar-refractivity contribution in [3.05, 3.63) is 58.7 Å². The largest absolute Gasteiger partial charge is 0.483 e. The van der Waals surface area contributed by atoms with Gasteiger partial charge >= 0.3 is 0 Å². The summed E-state index contributed by atoms with van der Waals surface area (Å²) in [5, 5.41) is 5.43. The number of amides is 2. The number of anilines is 1. The normalized spacial score (nSPS) is 9.93. The number of aryl methyl sites for hydroxylation is 3. The molecule has 0 aromatic heterocycles. The van der Waals surface area contributed by atoms with Crippen LogP contribution >= 0.6 is 12.4 Å². The number of ether oxygens (including phenoxy) is 1. The lowest BCUT2D eigenvalue weighted by molar-refractivity contribution is -0.118. The topological polar surface area (TPSA) is 93.4 Å².